The number of amides is 1. The van der Waals surface area contributed by atoms with E-state index in [9.17, 15) is 13.2 Å². The maximum absolute atomic E-state index is 12.5. The van der Waals surface area contributed by atoms with Crippen LogP contribution >= 0.6 is 12.4 Å². The van der Waals surface area contributed by atoms with Crippen molar-refractivity contribution in [2.75, 3.05) is 13.6 Å². The van der Waals surface area contributed by atoms with Crippen LogP contribution in [0.1, 0.15) is 43.2 Å². The summed E-state index contributed by atoms with van der Waals surface area (Å²) in [5, 5.41) is 3.58. The van der Waals surface area contributed by atoms with Crippen LogP contribution in [-0.4, -0.2) is 50.9 Å². The third-order valence-electron chi connectivity index (χ3n) is 5.65. The second-order valence-electron chi connectivity index (χ2n) is 7.68. The molecule has 2 unspecified atom stereocenters. The molecule has 3 rings (SSSR count). The van der Waals surface area contributed by atoms with Crippen molar-refractivity contribution in [3.63, 3.8) is 0 Å². The van der Waals surface area contributed by atoms with Crippen LogP contribution in [0.5, 0.6) is 0 Å². The van der Waals surface area contributed by atoms with Crippen LogP contribution in [0.15, 0.2) is 23.1 Å². The van der Waals surface area contributed by atoms with Crippen LogP contribution in [0, 0.1) is 13.8 Å². The first-order valence-electron chi connectivity index (χ1n) is 9.35. The molecule has 1 amide bonds. The van der Waals surface area contributed by atoms with Crippen molar-refractivity contribution in [1.29, 1.82) is 0 Å². The van der Waals surface area contributed by atoms with Crippen molar-refractivity contribution in [1.82, 2.24) is 14.9 Å². The van der Waals surface area contributed by atoms with E-state index in [-0.39, 0.29) is 42.2 Å². The predicted octanol–water partition coefficient (Wildman–Crippen LogP) is 2.14. The van der Waals surface area contributed by atoms with Gasteiger partial charge in [0.2, 0.25) is 15.9 Å². The maximum atomic E-state index is 12.5. The van der Waals surface area contributed by atoms with Crippen LogP contribution in [0.25, 0.3) is 0 Å². The Kier molecular flexibility index (Phi) is 7.30. The summed E-state index contributed by atoms with van der Waals surface area (Å²) >= 11 is 0. The first-order valence-corrected chi connectivity index (χ1v) is 10.8. The zero-order chi connectivity index (χ0) is 18.9. The highest BCUT2D eigenvalue weighted by Crippen LogP contribution is 2.29. The highest BCUT2D eigenvalue weighted by molar-refractivity contribution is 7.89. The minimum absolute atomic E-state index is 0. The van der Waals surface area contributed by atoms with Crippen LogP contribution in [-0.2, 0) is 14.8 Å². The Balaban J connectivity index is 0.00000261. The van der Waals surface area contributed by atoms with Gasteiger partial charge in [0.25, 0.3) is 0 Å². The monoisotopic (exact) mass is 415 g/mol. The number of rotatable bonds is 6. The largest absolute Gasteiger partial charge is 0.343 e. The maximum Gasteiger partial charge on any atom is 0.240 e. The summed E-state index contributed by atoms with van der Waals surface area (Å²) in [5.74, 6) is -0.0000332. The Bertz CT molecular complexity index is 772. The van der Waals surface area contributed by atoms with E-state index in [4.69, 9.17) is 0 Å². The van der Waals surface area contributed by atoms with Gasteiger partial charge in [-0.3, -0.25) is 4.79 Å². The van der Waals surface area contributed by atoms with Gasteiger partial charge >= 0.3 is 0 Å². The number of carbonyl (C=O) groups is 1. The summed E-state index contributed by atoms with van der Waals surface area (Å²) in [6, 6.07) is 6.66. The van der Waals surface area contributed by atoms with Gasteiger partial charge in [0, 0.05) is 38.1 Å². The van der Waals surface area contributed by atoms with Gasteiger partial charge in [-0.05, 0) is 56.7 Å². The Labute approximate surface area is 168 Å². The quantitative estimate of drug-likeness (QED) is 0.746. The lowest BCUT2D eigenvalue weighted by Crippen LogP contribution is -2.49. The lowest BCUT2D eigenvalue weighted by Gasteiger charge is -2.35. The highest BCUT2D eigenvalue weighted by Gasteiger charge is 2.36. The fraction of sp³-hybridized carbons (Fsp3) is 0.632. The molecule has 2 saturated heterocycles. The number of piperidine rings is 1. The van der Waals surface area contributed by atoms with E-state index in [1.165, 1.54) is 12.8 Å². The fourth-order valence-corrected chi connectivity index (χ4v) is 5.45. The van der Waals surface area contributed by atoms with E-state index in [1.807, 2.05) is 24.9 Å². The first kappa shape index (κ1) is 22.1. The van der Waals surface area contributed by atoms with Gasteiger partial charge < -0.3 is 10.2 Å². The van der Waals surface area contributed by atoms with Gasteiger partial charge in [-0.15, -0.1) is 12.4 Å². The molecule has 27 heavy (non-hydrogen) atoms. The molecule has 152 valence electrons. The average Bonchev–Trinajstić information content (AvgIpc) is 2.93. The zero-order valence-corrected chi connectivity index (χ0v) is 17.8. The Morgan fingerprint density at radius 2 is 1.85 bits per heavy atom. The summed E-state index contributed by atoms with van der Waals surface area (Å²) in [4.78, 5) is 14.6. The summed E-state index contributed by atoms with van der Waals surface area (Å²) in [6.45, 7) is 3.76. The molecule has 1 aromatic carbocycles. The molecule has 2 fully saturated rings. The van der Waals surface area contributed by atoms with E-state index in [0.717, 1.165) is 18.4 Å². The number of hydrogen-bond donors (Lipinski definition) is 2. The van der Waals surface area contributed by atoms with Crippen LogP contribution < -0.4 is 10.0 Å². The van der Waals surface area contributed by atoms with E-state index in [0.29, 0.717) is 17.6 Å². The third-order valence-corrected chi connectivity index (χ3v) is 7.26. The Morgan fingerprint density at radius 3 is 2.48 bits per heavy atom. The second kappa shape index (κ2) is 8.90. The van der Waals surface area contributed by atoms with Crippen molar-refractivity contribution < 1.29 is 13.2 Å². The van der Waals surface area contributed by atoms with E-state index in [2.05, 4.69) is 10.0 Å². The number of aryl methyl sites for hydroxylation is 2. The molecule has 0 aromatic heterocycles. The number of carbonyl (C=O) groups excluding carboxylic acids is 1. The number of hydrogen-bond acceptors (Lipinski definition) is 4. The number of nitrogens with zero attached hydrogens (tertiary/aromatic N) is 1. The summed E-state index contributed by atoms with van der Waals surface area (Å²) in [5.41, 5.74) is 1.60. The van der Waals surface area contributed by atoms with Gasteiger partial charge in [0.05, 0.1) is 4.90 Å². The van der Waals surface area contributed by atoms with Crippen molar-refractivity contribution >= 4 is 28.3 Å². The molecule has 0 spiro atoms. The smallest absolute Gasteiger partial charge is 0.240 e. The second-order valence-corrected chi connectivity index (χ2v) is 9.42. The van der Waals surface area contributed by atoms with Gasteiger partial charge in [-0.2, -0.15) is 0 Å². The van der Waals surface area contributed by atoms with E-state index in [1.54, 1.807) is 19.1 Å². The summed E-state index contributed by atoms with van der Waals surface area (Å²) < 4.78 is 27.6. The lowest BCUT2D eigenvalue weighted by atomic mass is 9.98. The van der Waals surface area contributed by atoms with Crippen molar-refractivity contribution in [3.8, 4) is 0 Å². The van der Waals surface area contributed by atoms with Crippen molar-refractivity contribution in [2.24, 2.45) is 0 Å². The number of fused-ring (bicyclic) bond motifs is 2. The topological polar surface area (TPSA) is 78.5 Å². The molecule has 2 aliphatic heterocycles. The average molecular weight is 416 g/mol. The van der Waals surface area contributed by atoms with Crippen LogP contribution in [0.3, 0.4) is 0 Å². The molecular weight excluding hydrogens is 386 g/mol. The number of sulfonamides is 1. The first-order chi connectivity index (χ1) is 12.3. The van der Waals surface area contributed by atoms with Gasteiger partial charge in [-0.25, -0.2) is 13.1 Å². The zero-order valence-electron chi connectivity index (χ0n) is 16.2. The van der Waals surface area contributed by atoms with Crippen molar-refractivity contribution in [2.45, 2.75) is 69.0 Å². The molecular formula is C19H30ClN3O3S. The summed E-state index contributed by atoms with van der Waals surface area (Å²) in [7, 11) is -1.75. The van der Waals surface area contributed by atoms with E-state index < -0.39 is 10.0 Å². The molecule has 2 aliphatic rings. The molecule has 2 bridgehead atoms. The van der Waals surface area contributed by atoms with Gasteiger partial charge in [0.15, 0.2) is 0 Å². The Hall–Kier alpha value is -1.15. The van der Waals surface area contributed by atoms with Crippen molar-refractivity contribution in [3.05, 3.63) is 29.3 Å². The molecule has 0 saturated carbocycles. The minimum Gasteiger partial charge on any atom is -0.343 e. The number of halogens is 1. The minimum atomic E-state index is -3.60. The highest BCUT2D eigenvalue weighted by atomic mass is 35.5. The standard InChI is InChI=1S/C19H29N3O3S.ClH/c1-13-4-5-14(2)18(10-13)26(24,25)20-9-8-19(23)22(3)17-11-15-6-7-16(12-17)21-15;/h4-5,10,15-17,20-21H,6-9,11-12H2,1-3H3;1H. The molecule has 0 aliphatic carbocycles. The third kappa shape index (κ3) is 5.22. The lowest BCUT2D eigenvalue weighted by molar-refractivity contribution is -0.132. The number of benzene rings is 1. The molecule has 1 aromatic rings. The normalized spacial score (nSPS) is 24.3. The molecule has 8 heteroatoms. The van der Waals surface area contributed by atoms with Crippen LogP contribution in [0.4, 0.5) is 0 Å². The molecule has 0 radical (unpaired) electrons. The molecule has 6 nitrogen and oxygen atoms in total. The molecule has 2 heterocycles. The predicted molar refractivity (Wildman–Crippen MR) is 109 cm³/mol. The SMILES string of the molecule is Cc1ccc(C)c(S(=O)(=O)NCCC(=O)N(C)C2CC3CCC(C2)N3)c1.Cl. The summed E-state index contributed by atoms with van der Waals surface area (Å²) in [6.07, 6.45) is 4.55. The van der Waals surface area contributed by atoms with Crippen LogP contribution in [0.2, 0.25) is 0 Å². The molecule has 2 atom stereocenters. The van der Waals surface area contributed by atoms with Gasteiger partial charge in [0.1, 0.15) is 0 Å². The van der Waals surface area contributed by atoms with E-state index >= 15 is 0 Å². The Morgan fingerprint density at radius 1 is 1.22 bits per heavy atom. The molecule has 2 N–H and O–H groups in total. The number of nitrogens with one attached hydrogen (secondary N) is 2. The van der Waals surface area contributed by atoms with Gasteiger partial charge in [-0.1, -0.05) is 12.1 Å². The fourth-order valence-electron chi connectivity index (χ4n) is 4.09.